The fraction of sp³-hybridized carbons (Fsp3) is 0.444. The number of ketones is 1. The summed E-state index contributed by atoms with van der Waals surface area (Å²) in [5.74, 6) is -0.883. The molecule has 1 saturated heterocycles. The van der Waals surface area contributed by atoms with Gasteiger partial charge in [0, 0.05) is 43.2 Å². The minimum absolute atomic E-state index is 0. The van der Waals surface area contributed by atoms with Crippen LogP contribution in [0.15, 0.2) is 23.8 Å². The molecule has 1 aromatic rings. The van der Waals surface area contributed by atoms with Gasteiger partial charge in [-0.2, -0.15) is 0 Å². The van der Waals surface area contributed by atoms with E-state index in [-0.39, 0.29) is 36.8 Å². The standard InChI is InChI=1S/C18H22Cl2N2O3.ClH/c1-3-15(23)16(18(24)25-4-2)17(22-9-7-21-8-10-22)13-6-5-12(19)11-14(13)20;/h5-6,11,21H,3-4,7-10H2,1-2H3;1H. The highest BCUT2D eigenvalue weighted by molar-refractivity contribution is 6.36. The zero-order valence-electron chi connectivity index (χ0n) is 14.8. The molecule has 8 heteroatoms. The molecule has 0 radical (unpaired) electrons. The molecule has 26 heavy (non-hydrogen) atoms. The number of esters is 1. The fourth-order valence-electron chi connectivity index (χ4n) is 2.76. The van der Waals surface area contributed by atoms with Gasteiger partial charge in [-0.25, -0.2) is 4.79 Å². The third kappa shape index (κ3) is 5.36. The molecule has 1 aromatic carbocycles. The second-order valence-electron chi connectivity index (χ2n) is 5.58. The first-order chi connectivity index (χ1) is 12.0. The zero-order chi connectivity index (χ0) is 18.4. The largest absolute Gasteiger partial charge is 0.462 e. The van der Waals surface area contributed by atoms with Gasteiger partial charge in [0.15, 0.2) is 5.78 Å². The topological polar surface area (TPSA) is 58.6 Å². The Hall–Kier alpha value is -1.27. The maximum absolute atomic E-state index is 12.6. The molecule has 0 unspecified atom stereocenters. The Bertz CT molecular complexity index is 686. The van der Waals surface area contributed by atoms with Crippen molar-refractivity contribution in [3.8, 4) is 0 Å². The lowest BCUT2D eigenvalue weighted by Crippen LogP contribution is -2.43. The number of piperazine rings is 1. The SMILES string of the molecule is CCOC(=O)C(C(=O)CC)=C(c1ccc(Cl)cc1Cl)N1CCNCC1.Cl. The van der Waals surface area contributed by atoms with E-state index in [0.29, 0.717) is 34.4 Å². The lowest BCUT2D eigenvalue weighted by Gasteiger charge is -2.33. The minimum atomic E-state index is -0.617. The average Bonchev–Trinajstić information content (AvgIpc) is 2.60. The van der Waals surface area contributed by atoms with Crippen LogP contribution in [0.5, 0.6) is 0 Å². The molecule has 1 fully saturated rings. The van der Waals surface area contributed by atoms with Crippen molar-refractivity contribution in [2.45, 2.75) is 20.3 Å². The average molecular weight is 422 g/mol. The van der Waals surface area contributed by atoms with Crippen molar-refractivity contribution in [3.05, 3.63) is 39.4 Å². The van der Waals surface area contributed by atoms with E-state index in [1.54, 1.807) is 32.0 Å². The van der Waals surface area contributed by atoms with E-state index in [9.17, 15) is 9.59 Å². The van der Waals surface area contributed by atoms with Crippen molar-refractivity contribution >= 4 is 53.1 Å². The summed E-state index contributed by atoms with van der Waals surface area (Å²) >= 11 is 12.4. The molecular weight excluding hydrogens is 399 g/mol. The molecule has 1 aliphatic heterocycles. The summed E-state index contributed by atoms with van der Waals surface area (Å²) in [6.45, 7) is 6.47. The van der Waals surface area contributed by atoms with E-state index < -0.39 is 5.97 Å². The number of ether oxygens (including phenoxy) is 1. The summed E-state index contributed by atoms with van der Waals surface area (Å²) in [4.78, 5) is 27.2. The van der Waals surface area contributed by atoms with Gasteiger partial charge < -0.3 is 15.0 Å². The maximum Gasteiger partial charge on any atom is 0.343 e. The van der Waals surface area contributed by atoms with E-state index in [1.807, 2.05) is 4.90 Å². The quantitative estimate of drug-likeness (QED) is 0.329. The predicted octanol–water partition coefficient (Wildman–Crippen LogP) is 3.57. The second-order valence-corrected chi connectivity index (χ2v) is 6.43. The molecule has 144 valence electrons. The number of benzene rings is 1. The van der Waals surface area contributed by atoms with Crippen molar-refractivity contribution in [2.75, 3.05) is 32.8 Å². The Labute approximate surface area is 170 Å². The van der Waals surface area contributed by atoms with Crippen molar-refractivity contribution in [3.63, 3.8) is 0 Å². The van der Waals surface area contributed by atoms with Crippen LogP contribution in [0.4, 0.5) is 0 Å². The summed E-state index contributed by atoms with van der Waals surface area (Å²) in [7, 11) is 0. The highest BCUT2D eigenvalue weighted by Crippen LogP contribution is 2.32. The Morgan fingerprint density at radius 1 is 1.19 bits per heavy atom. The molecule has 1 heterocycles. The van der Waals surface area contributed by atoms with Crippen molar-refractivity contribution in [1.82, 2.24) is 10.2 Å². The molecule has 0 spiro atoms. The third-order valence-electron chi connectivity index (χ3n) is 3.94. The van der Waals surface area contributed by atoms with Crippen LogP contribution in [-0.4, -0.2) is 49.4 Å². The third-order valence-corrected chi connectivity index (χ3v) is 4.48. The summed E-state index contributed by atoms with van der Waals surface area (Å²) < 4.78 is 5.15. The van der Waals surface area contributed by atoms with Gasteiger partial charge in [-0.15, -0.1) is 12.4 Å². The minimum Gasteiger partial charge on any atom is -0.462 e. The van der Waals surface area contributed by atoms with Crippen LogP contribution < -0.4 is 5.32 Å². The Kier molecular flexibility index (Phi) is 9.44. The Balaban J connectivity index is 0.00000338. The molecule has 5 nitrogen and oxygen atoms in total. The summed E-state index contributed by atoms with van der Waals surface area (Å²) in [5, 5.41) is 4.15. The first kappa shape index (κ1) is 22.8. The van der Waals surface area contributed by atoms with Crippen molar-refractivity contribution < 1.29 is 14.3 Å². The van der Waals surface area contributed by atoms with Gasteiger partial charge in [0.25, 0.3) is 0 Å². The van der Waals surface area contributed by atoms with E-state index in [2.05, 4.69) is 5.32 Å². The van der Waals surface area contributed by atoms with Crippen LogP contribution >= 0.6 is 35.6 Å². The van der Waals surface area contributed by atoms with Gasteiger partial charge in [-0.1, -0.05) is 30.1 Å². The zero-order valence-corrected chi connectivity index (χ0v) is 17.1. The number of nitrogens with one attached hydrogen (secondary N) is 1. The lowest BCUT2D eigenvalue weighted by atomic mass is 9.99. The monoisotopic (exact) mass is 420 g/mol. The maximum atomic E-state index is 12.6. The highest BCUT2D eigenvalue weighted by atomic mass is 35.5. The number of halogens is 3. The predicted molar refractivity (Wildman–Crippen MR) is 107 cm³/mol. The van der Waals surface area contributed by atoms with Crippen LogP contribution in [0.1, 0.15) is 25.8 Å². The van der Waals surface area contributed by atoms with Gasteiger partial charge in [0.1, 0.15) is 5.57 Å². The summed E-state index contributed by atoms with van der Waals surface area (Å²) in [6.07, 6.45) is 0.203. The second kappa shape index (κ2) is 10.8. The number of carbonyl (C=O) groups excluding carboxylic acids is 2. The molecule has 0 saturated carbocycles. The van der Waals surface area contributed by atoms with E-state index >= 15 is 0 Å². The van der Waals surface area contributed by atoms with Crippen molar-refractivity contribution in [1.29, 1.82) is 0 Å². The molecule has 0 bridgehead atoms. The molecular formula is C18H23Cl3N2O3. The molecule has 0 atom stereocenters. The van der Waals surface area contributed by atoms with Gasteiger partial charge in [0.05, 0.1) is 17.3 Å². The van der Waals surface area contributed by atoms with E-state index in [4.69, 9.17) is 27.9 Å². The number of rotatable bonds is 6. The van der Waals surface area contributed by atoms with Crippen LogP contribution in [0.2, 0.25) is 10.0 Å². The van der Waals surface area contributed by atoms with Crippen LogP contribution in [0, 0.1) is 0 Å². The van der Waals surface area contributed by atoms with E-state index in [0.717, 1.165) is 13.1 Å². The van der Waals surface area contributed by atoms with Crippen LogP contribution in [-0.2, 0) is 14.3 Å². The van der Waals surface area contributed by atoms with Gasteiger partial charge in [0.2, 0.25) is 0 Å². The number of hydrogen-bond donors (Lipinski definition) is 1. The molecule has 0 aromatic heterocycles. The summed E-state index contributed by atoms with van der Waals surface area (Å²) in [5.41, 5.74) is 1.18. The molecule has 2 rings (SSSR count). The molecule has 0 amide bonds. The molecule has 1 N–H and O–H groups in total. The number of carbonyl (C=O) groups is 2. The first-order valence-corrected chi connectivity index (χ1v) is 9.10. The van der Waals surface area contributed by atoms with E-state index in [1.165, 1.54) is 0 Å². The molecule has 1 aliphatic rings. The Morgan fingerprint density at radius 3 is 2.38 bits per heavy atom. The normalized spacial score (nSPS) is 15.0. The number of nitrogens with zero attached hydrogens (tertiary/aromatic N) is 1. The highest BCUT2D eigenvalue weighted by Gasteiger charge is 2.29. The van der Waals surface area contributed by atoms with Crippen molar-refractivity contribution in [2.24, 2.45) is 0 Å². The first-order valence-electron chi connectivity index (χ1n) is 8.35. The fourth-order valence-corrected chi connectivity index (χ4v) is 3.25. The van der Waals surface area contributed by atoms with Crippen LogP contribution in [0.3, 0.4) is 0 Å². The van der Waals surface area contributed by atoms with Gasteiger partial charge in [-0.3, -0.25) is 4.79 Å². The number of hydrogen-bond acceptors (Lipinski definition) is 5. The smallest absolute Gasteiger partial charge is 0.343 e. The van der Waals surface area contributed by atoms with Gasteiger partial charge in [-0.05, 0) is 25.1 Å². The lowest BCUT2D eigenvalue weighted by molar-refractivity contribution is -0.140. The van der Waals surface area contributed by atoms with Crippen LogP contribution in [0.25, 0.3) is 5.70 Å². The van der Waals surface area contributed by atoms with Gasteiger partial charge >= 0.3 is 5.97 Å². The summed E-state index contributed by atoms with van der Waals surface area (Å²) in [6, 6.07) is 5.05. The Morgan fingerprint density at radius 2 is 1.85 bits per heavy atom. The molecule has 0 aliphatic carbocycles. The number of Topliss-reactive ketones (excluding diaryl/α,β-unsaturated/α-hetero) is 1.